The summed E-state index contributed by atoms with van der Waals surface area (Å²) in [5.74, 6) is 0. The molecule has 2 aliphatic heterocycles. The molecule has 3 heterocycles. The average Bonchev–Trinajstić information content (AvgIpc) is 1.01. The van der Waals surface area contributed by atoms with E-state index in [9.17, 15) is 0 Å². The van der Waals surface area contributed by atoms with Crippen molar-refractivity contribution < 1.29 is 0 Å². The maximum absolute atomic E-state index is 2.83. The first-order chi connectivity index (χ1) is 60.0. The van der Waals surface area contributed by atoms with Crippen molar-refractivity contribution in [2.24, 2.45) is 0 Å². The maximum Gasteiger partial charge on any atom is 0.252 e. The van der Waals surface area contributed by atoms with Gasteiger partial charge in [0.05, 0.1) is 28.1 Å². The third kappa shape index (κ3) is 17.4. The van der Waals surface area contributed by atoms with Gasteiger partial charge < -0.3 is 14.4 Å². The van der Waals surface area contributed by atoms with E-state index in [2.05, 4.69) is 506 Å². The van der Waals surface area contributed by atoms with E-state index in [1.165, 1.54) is 138 Å². The van der Waals surface area contributed by atoms with Crippen LogP contribution in [0.1, 0.15) is 316 Å². The summed E-state index contributed by atoms with van der Waals surface area (Å²) in [6.45, 7) is 85.3. The number of hydrogen-bond acceptors (Lipinski definition) is 2. The molecule has 0 aliphatic carbocycles. The summed E-state index contributed by atoms with van der Waals surface area (Å²) < 4.78 is 2.67. The van der Waals surface area contributed by atoms with Gasteiger partial charge in [-0.3, -0.25) is 0 Å². The molecule has 1 aromatic heterocycles. The Labute approximate surface area is 784 Å². The van der Waals surface area contributed by atoms with Crippen molar-refractivity contribution in [3.63, 3.8) is 0 Å². The summed E-state index contributed by atoms with van der Waals surface area (Å²) in [5.41, 5.74) is 42.1. The van der Waals surface area contributed by atoms with Crippen LogP contribution >= 0.6 is 0 Å². The van der Waals surface area contributed by atoms with Crippen molar-refractivity contribution in [3.05, 3.63) is 309 Å². The van der Waals surface area contributed by atoms with E-state index in [0.717, 1.165) is 73.1 Å². The molecule has 0 bridgehead atoms. The molecule has 0 atom stereocenters. The molecular formula is C126H148BN3. The molecule has 14 aromatic rings. The van der Waals surface area contributed by atoms with Gasteiger partial charge in [0.2, 0.25) is 0 Å². The van der Waals surface area contributed by atoms with Crippen molar-refractivity contribution in [3.8, 4) is 72.4 Å². The number of para-hydroxylation sites is 2. The van der Waals surface area contributed by atoms with E-state index < -0.39 is 0 Å². The predicted molar refractivity (Wildman–Crippen MR) is 572 cm³/mol. The molecule has 2 aliphatic rings. The van der Waals surface area contributed by atoms with Gasteiger partial charge >= 0.3 is 0 Å². The Morgan fingerprint density at radius 3 is 0.808 bits per heavy atom. The van der Waals surface area contributed by atoms with Gasteiger partial charge in [0, 0.05) is 55.8 Å². The Morgan fingerprint density at radius 1 is 0.192 bits per heavy atom. The van der Waals surface area contributed by atoms with Crippen LogP contribution in [0.4, 0.5) is 34.1 Å². The highest BCUT2D eigenvalue weighted by Crippen LogP contribution is 2.57. The fourth-order valence-corrected chi connectivity index (χ4v) is 19.8. The first-order valence-electron chi connectivity index (χ1n) is 48.3. The third-order valence-corrected chi connectivity index (χ3v) is 28.4. The summed E-state index contributed by atoms with van der Waals surface area (Å²) in [4.78, 5) is 5.66. The zero-order chi connectivity index (χ0) is 94.5. The molecule has 0 radical (unpaired) electrons. The lowest BCUT2D eigenvalue weighted by Crippen LogP contribution is -2.61. The van der Waals surface area contributed by atoms with Crippen LogP contribution in [0.2, 0.25) is 0 Å². The van der Waals surface area contributed by atoms with E-state index in [0.29, 0.717) is 0 Å². The number of anilines is 6. The quantitative estimate of drug-likeness (QED) is 0.133. The van der Waals surface area contributed by atoms with Crippen LogP contribution in [0.25, 0.3) is 94.3 Å². The fourth-order valence-electron chi connectivity index (χ4n) is 19.8. The van der Waals surface area contributed by atoms with Gasteiger partial charge in [-0.15, -0.1) is 0 Å². The minimum absolute atomic E-state index is 0.0867. The zero-order valence-electron chi connectivity index (χ0n) is 86.0. The van der Waals surface area contributed by atoms with Crippen LogP contribution in [-0.4, -0.2) is 11.3 Å². The van der Waals surface area contributed by atoms with Crippen molar-refractivity contribution in [2.75, 3.05) is 9.80 Å². The number of fused-ring (bicyclic) bond motifs is 7. The molecule has 0 saturated heterocycles. The lowest BCUT2D eigenvalue weighted by atomic mass is 9.33. The minimum Gasteiger partial charge on any atom is -0.310 e. The van der Waals surface area contributed by atoms with Crippen LogP contribution in [-0.2, 0) is 65.0 Å². The van der Waals surface area contributed by atoms with E-state index in [1.54, 1.807) is 0 Å². The van der Waals surface area contributed by atoms with Crippen LogP contribution in [0.5, 0.6) is 0 Å². The van der Waals surface area contributed by atoms with Gasteiger partial charge in [-0.25, -0.2) is 0 Å². The summed E-state index contributed by atoms with van der Waals surface area (Å²) in [6, 6.07) is 99.5. The van der Waals surface area contributed by atoms with Crippen LogP contribution < -0.4 is 26.2 Å². The summed E-state index contributed by atoms with van der Waals surface area (Å²) >= 11 is 0. The summed E-state index contributed by atoms with van der Waals surface area (Å²) in [7, 11) is 0. The van der Waals surface area contributed by atoms with Crippen molar-refractivity contribution >= 4 is 79.0 Å². The van der Waals surface area contributed by atoms with Gasteiger partial charge in [0.15, 0.2) is 0 Å². The second kappa shape index (κ2) is 31.5. The summed E-state index contributed by atoms with van der Waals surface area (Å²) in [5, 5.41) is 2.49. The number of hydrogen-bond donors (Lipinski definition) is 0. The second-order valence-corrected chi connectivity index (χ2v) is 51.1. The van der Waals surface area contributed by atoms with E-state index >= 15 is 0 Å². The zero-order valence-corrected chi connectivity index (χ0v) is 86.0. The number of rotatable bonds is 9. The van der Waals surface area contributed by atoms with Gasteiger partial charge in [0.1, 0.15) is 0 Å². The first kappa shape index (κ1) is 92.6. The molecule has 3 nitrogen and oxygen atoms in total. The van der Waals surface area contributed by atoms with Crippen molar-refractivity contribution in [2.45, 2.75) is 314 Å². The SMILES string of the molecule is CC(C)(C)c1ccc(-c2cccc(-c3cc(C(C)(C)C)cc(C(C)(C)C)c3)c2N2c3cc(-c4cc(C(C)(C)C)cc(C(C)(C)C)c4)ccc3B3c4ccc(-c5cc(C(C)(C)C)cc(C(C)(C)C)c5)cc4N(c4c(-c5ccc(C(C)(C)C)cc5)cccc4-c4ccc(C(C)(C)C)cc4C(C)(C)C)c4cc(-n5c6ccc(C(C)(C)C)cc6c6cc(C(C)(C)C)ccc65)cc2c43)cc1. The monoisotopic (exact) mass is 1710 g/mol. The molecule has 0 fully saturated rings. The van der Waals surface area contributed by atoms with E-state index in [1.807, 2.05) is 0 Å². The fraction of sp³-hybridized carbons (Fsp3) is 0.381. The Kier molecular flexibility index (Phi) is 22.4. The summed E-state index contributed by atoms with van der Waals surface area (Å²) in [6.07, 6.45) is 0. The molecule has 130 heavy (non-hydrogen) atoms. The standard InChI is InChI=1S/C126H148BN3/c1-115(2,3)84-49-43-77(44-50-84)96-39-37-41-98(83-65-93(124(28,29)30)71-94(66-83)125(31,32)33)113(96)129-108-67-79(81-61-89(120(16,17)18)69-90(62-81)121(19,20)21)47-57-104(108)127-105-58-48-80(82-63-91(122(22,23)24)70-92(64-82)123(25,26)27)68-109(105)130(111-76-95(75-110(129)112(111)127)128-106-59-54-86(117(7,8)9)72-101(106)102-73-87(118(10,11)12)55-60-107(102)128)114-97(78-45-51-85(52-46-78)116(4,5)6)40-38-42-100(114)99-56-53-88(119(13,14)15)74-103(99)126(34,35)36/h37-76H,1-36H3. The normalized spacial score (nSPS) is 14.0. The van der Waals surface area contributed by atoms with Crippen LogP contribution in [0.3, 0.4) is 0 Å². The highest BCUT2D eigenvalue weighted by atomic mass is 15.2. The molecule has 13 aromatic carbocycles. The molecule has 0 unspecified atom stereocenters. The number of benzene rings is 13. The van der Waals surface area contributed by atoms with Crippen LogP contribution in [0.15, 0.2) is 243 Å². The third-order valence-electron chi connectivity index (χ3n) is 28.4. The lowest BCUT2D eigenvalue weighted by molar-refractivity contribution is 0.568. The molecule has 4 heteroatoms. The molecule has 0 N–H and O–H groups in total. The Morgan fingerprint density at radius 2 is 0.477 bits per heavy atom. The molecule has 0 spiro atoms. The average molecular weight is 1720 g/mol. The van der Waals surface area contributed by atoms with E-state index in [4.69, 9.17) is 0 Å². The maximum atomic E-state index is 2.83. The Balaban J connectivity index is 1.19. The Bertz CT molecular complexity index is 6630. The number of nitrogens with zero attached hydrogens (tertiary/aromatic N) is 3. The number of aromatic nitrogens is 1. The highest BCUT2D eigenvalue weighted by Gasteiger charge is 2.47. The van der Waals surface area contributed by atoms with Gasteiger partial charge in [-0.05, 0) is 241 Å². The van der Waals surface area contributed by atoms with Gasteiger partial charge in [-0.1, -0.05) is 443 Å². The van der Waals surface area contributed by atoms with Crippen molar-refractivity contribution in [1.82, 2.24) is 4.57 Å². The second-order valence-electron chi connectivity index (χ2n) is 51.1. The smallest absolute Gasteiger partial charge is 0.252 e. The van der Waals surface area contributed by atoms with Gasteiger partial charge in [-0.2, -0.15) is 0 Å². The molecule has 670 valence electrons. The van der Waals surface area contributed by atoms with Crippen LogP contribution in [0, 0.1) is 0 Å². The molecule has 16 rings (SSSR count). The Hall–Kier alpha value is -10.7. The van der Waals surface area contributed by atoms with Gasteiger partial charge in [0.25, 0.3) is 6.71 Å². The van der Waals surface area contributed by atoms with Crippen molar-refractivity contribution in [1.29, 1.82) is 0 Å². The highest BCUT2D eigenvalue weighted by molar-refractivity contribution is 7.00. The molecule has 0 amide bonds. The predicted octanol–water partition coefficient (Wildman–Crippen LogP) is 34.4. The largest absolute Gasteiger partial charge is 0.310 e. The lowest BCUT2D eigenvalue weighted by Gasteiger charge is -2.46. The van der Waals surface area contributed by atoms with E-state index in [-0.39, 0.29) is 71.7 Å². The first-order valence-corrected chi connectivity index (χ1v) is 48.3. The topological polar surface area (TPSA) is 11.4 Å². The molecular weight excluding hydrogens is 1570 g/mol. The minimum atomic E-state index is -0.310. The molecule has 0 saturated carbocycles.